The Bertz CT molecular complexity index is 196. The molecule has 0 aliphatic heterocycles. The van der Waals surface area contributed by atoms with Crippen molar-refractivity contribution in [3.8, 4) is 6.07 Å². The topological polar surface area (TPSA) is 23.8 Å². The Morgan fingerprint density at radius 1 is 1.40 bits per heavy atom. The molecule has 0 saturated heterocycles. The van der Waals surface area contributed by atoms with Gasteiger partial charge < -0.3 is 0 Å². The van der Waals surface area contributed by atoms with Crippen LogP contribution in [-0.4, -0.2) is 5.92 Å². The van der Waals surface area contributed by atoms with Crippen LogP contribution in [0.5, 0.6) is 0 Å². The van der Waals surface area contributed by atoms with Crippen molar-refractivity contribution in [3.63, 3.8) is 0 Å². The Balaban J connectivity index is 4.71. The van der Waals surface area contributed by atoms with Crippen molar-refractivity contribution in [2.24, 2.45) is 0 Å². The summed E-state index contributed by atoms with van der Waals surface area (Å²) in [5, 5.41) is 7.57. The maximum absolute atomic E-state index is 11.8. The lowest BCUT2D eigenvalue weighted by atomic mass is 10.3. The largest absolute Gasteiger partial charge is 0.385 e. The van der Waals surface area contributed by atoms with Crippen LogP contribution in [0.25, 0.3) is 0 Å². The van der Waals surface area contributed by atoms with Crippen molar-refractivity contribution in [1.29, 1.82) is 5.26 Å². The molecule has 0 saturated carbocycles. The molecule has 10 heavy (non-hydrogen) atoms. The molecular weight excluding hydrogens is 150 g/mol. The van der Waals surface area contributed by atoms with E-state index in [-0.39, 0.29) is 0 Å². The molecule has 0 fully saturated rings. The Kier molecular flexibility index (Phi) is 2.41. The van der Waals surface area contributed by atoms with Gasteiger partial charge in [-0.05, 0) is 6.92 Å². The van der Waals surface area contributed by atoms with E-state index in [1.165, 1.54) is 0 Å². The first kappa shape index (κ1) is 8.95. The summed E-state index contributed by atoms with van der Waals surface area (Å²) in [7, 11) is 0. The third-order valence-electron chi connectivity index (χ3n) is 0.719. The predicted octanol–water partition coefficient (Wildman–Crippen LogP) is 2.32. The number of hydrogen-bond donors (Lipinski definition) is 0. The number of rotatable bonds is 1. The summed E-state index contributed by atoms with van der Waals surface area (Å²) >= 11 is 0. The second kappa shape index (κ2) is 2.69. The molecular formula is C5H3F4N. The summed E-state index contributed by atoms with van der Waals surface area (Å²) in [6, 6.07) is 0.316. The molecule has 0 atom stereocenters. The first-order valence-corrected chi connectivity index (χ1v) is 2.23. The average molecular weight is 153 g/mol. The Morgan fingerprint density at radius 2 is 1.80 bits per heavy atom. The molecule has 0 radical (unpaired) electrons. The second-order valence-corrected chi connectivity index (χ2v) is 1.53. The van der Waals surface area contributed by atoms with Crippen molar-refractivity contribution < 1.29 is 17.6 Å². The minimum atomic E-state index is -4.33. The van der Waals surface area contributed by atoms with Crippen molar-refractivity contribution in [3.05, 3.63) is 11.7 Å². The highest BCUT2D eigenvalue weighted by Gasteiger charge is 2.37. The van der Waals surface area contributed by atoms with Gasteiger partial charge in [0, 0.05) is 0 Å². The molecule has 0 spiro atoms. The van der Waals surface area contributed by atoms with Gasteiger partial charge in [0.1, 0.15) is 11.9 Å². The number of nitrogens with zero attached hydrogens (tertiary/aromatic N) is 1. The molecule has 1 nitrogen and oxygen atoms in total. The highest BCUT2D eigenvalue weighted by Crippen LogP contribution is 2.27. The molecule has 0 rings (SSSR count). The van der Waals surface area contributed by atoms with Crippen LogP contribution in [0.4, 0.5) is 17.6 Å². The Hall–Kier alpha value is -1.05. The van der Waals surface area contributed by atoms with E-state index >= 15 is 0 Å². The summed E-state index contributed by atoms with van der Waals surface area (Å²) in [5.74, 6) is -8.33. The molecule has 0 amide bonds. The molecule has 0 aromatic rings. The molecule has 0 unspecified atom stereocenters. The molecule has 5 heteroatoms. The lowest BCUT2D eigenvalue weighted by Crippen LogP contribution is -2.13. The van der Waals surface area contributed by atoms with E-state index < -0.39 is 17.6 Å². The summed E-state index contributed by atoms with van der Waals surface area (Å²) < 4.78 is 47.0. The van der Waals surface area contributed by atoms with E-state index in [1.54, 1.807) is 0 Å². The fourth-order valence-electron chi connectivity index (χ4n) is 0.265. The number of nitriles is 1. The quantitative estimate of drug-likeness (QED) is 0.530. The number of alkyl halides is 2. The standard InChI is InChI=1S/C5H3F4N/c1-3(6)4(7)5(8,9)2-10/h1H3/b4-3+. The minimum absolute atomic E-state index is 0.316. The summed E-state index contributed by atoms with van der Waals surface area (Å²) in [4.78, 5) is 0. The molecule has 0 aliphatic rings. The molecule has 0 bridgehead atoms. The zero-order valence-electron chi connectivity index (χ0n) is 4.96. The number of hydrogen-bond acceptors (Lipinski definition) is 1. The summed E-state index contributed by atoms with van der Waals surface area (Å²) in [6.07, 6.45) is 0. The molecule has 0 aliphatic carbocycles. The van der Waals surface area contributed by atoms with Crippen LogP contribution in [0.15, 0.2) is 11.7 Å². The van der Waals surface area contributed by atoms with E-state index in [1.807, 2.05) is 0 Å². The Labute approximate surface area is 54.6 Å². The van der Waals surface area contributed by atoms with E-state index in [4.69, 9.17) is 5.26 Å². The average Bonchev–Trinajstić information content (AvgIpc) is 1.86. The third-order valence-corrected chi connectivity index (χ3v) is 0.719. The van der Waals surface area contributed by atoms with Gasteiger partial charge in [-0.15, -0.1) is 0 Å². The third kappa shape index (κ3) is 1.72. The van der Waals surface area contributed by atoms with E-state index in [0.717, 1.165) is 0 Å². The van der Waals surface area contributed by atoms with Gasteiger partial charge in [0.05, 0.1) is 0 Å². The van der Waals surface area contributed by atoms with Crippen LogP contribution in [0, 0.1) is 11.3 Å². The lowest BCUT2D eigenvalue weighted by molar-refractivity contribution is 0.0744. The fourth-order valence-corrected chi connectivity index (χ4v) is 0.265. The van der Waals surface area contributed by atoms with Crippen molar-refractivity contribution in [2.45, 2.75) is 12.8 Å². The van der Waals surface area contributed by atoms with Gasteiger partial charge in [-0.1, -0.05) is 0 Å². The molecule has 0 aromatic heterocycles. The van der Waals surface area contributed by atoms with Crippen molar-refractivity contribution >= 4 is 0 Å². The van der Waals surface area contributed by atoms with Crippen LogP contribution in [0.3, 0.4) is 0 Å². The highest BCUT2D eigenvalue weighted by molar-refractivity contribution is 5.17. The van der Waals surface area contributed by atoms with Gasteiger partial charge in [-0.25, -0.2) is 8.78 Å². The lowest BCUT2D eigenvalue weighted by Gasteiger charge is -2.02. The molecule has 56 valence electrons. The molecule has 0 aromatic carbocycles. The predicted molar refractivity (Wildman–Crippen MR) is 25.5 cm³/mol. The molecule has 0 N–H and O–H groups in total. The van der Waals surface area contributed by atoms with Gasteiger partial charge in [-0.3, -0.25) is 0 Å². The van der Waals surface area contributed by atoms with Crippen LogP contribution >= 0.6 is 0 Å². The highest BCUT2D eigenvalue weighted by atomic mass is 19.3. The first-order valence-electron chi connectivity index (χ1n) is 2.23. The van der Waals surface area contributed by atoms with E-state index in [2.05, 4.69) is 0 Å². The Morgan fingerprint density at radius 3 is 1.90 bits per heavy atom. The van der Waals surface area contributed by atoms with Crippen molar-refractivity contribution in [1.82, 2.24) is 0 Å². The van der Waals surface area contributed by atoms with E-state index in [9.17, 15) is 17.6 Å². The SMILES string of the molecule is C/C(F)=C(\F)C(F)(F)C#N. The van der Waals surface area contributed by atoms with Gasteiger partial charge in [0.25, 0.3) is 0 Å². The van der Waals surface area contributed by atoms with Crippen molar-refractivity contribution in [2.75, 3.05) is 0 Å². The smallest absolute Gasteiger partial charge is 0.209 e. The fraction of sp³-hybridized carbons (Fsp3) is 0.400. The zero-order valence-corrected chi connectivity index (χ0v) is 4.96. The van der Waals surface area contributed by atoms with Gasteiger partial charge in [0.2, 0.25) is 5.83 Å². The van der Waals surface area contributed by atoms with Crippen LogP contribution in [-0.2, 0) is 0 Å². The zero-order chi connectivity index (χ0) is 8.36. The van der Waals surface area contributed by atoms with Crippen LogP contribution in [0.1, 0.15) is 6.92 Å². The van der Waals surface area contributed by atoms with Gasteiger partial charge in [-0.2, -0.15) is 14.0 Å². The normalized spacial score (nSPS) is 14.0. The number of allylic oxidation sites excluding steroid dienone is 2. The molecule has 0 heterocycles. The van der Waals surface area contributed by atoms with Crippen LogP contribution < -0.4 is 0 Å². The van der Waals surface area contributed by atoms with Crippen LogP contribution in [0.2, 0.25) is 0 Å². The van der Waals surface area contributed by atoms with Gasteiger partial charge >= 0.3 is 5.92 Å². The van der Waals surface area contributed by atoms with E-state index in [0.29, 0.717) is 13.0 Å². The maximum Gasteiger partial charge on any atom is 0.385 e. The first-order chi connectivity index (χ1) is 4.41. The summed E-state index contributed by atoms with van der Waals surface area (Å²) in [5.41, 5.74) is 0. The van der Waals surface area contributed by atoms with Gasteiger partial charge in [0.15, 0.2) is 0 Å². The number of halogens is 4. The minimum Gasteiger partial charge on any atom is -0.209 e. The maximum atomic E-state index is 11.8. The summed E-state index contributed by atoms with van der Waals surface area (Å²) in [6.45, 7) is 0.514. The second-order valence-electron chi connectivity index (χ2n) is 1.53. The monoisotopic (exact) mass is 153 g/mol.